The Morgan fingerprint density at radius 3 is 1.81 bits per heavy atom. The zero-order valence-corrected chi connectivity index (χ0v) is 31.9. The normalized spacial score (nSPS) is 12.9. The van der Waals surface area contributed by atoms with Crippen molar-refractivity contribution in [3.63, 3.8) is 0 Å². The zero-order chi connectivity index (χ0) is 38.1. The summed E-state index contributed by atoms with van der Waals surface area (Å²) in [6, 6.07) is 72.7. The number of hydrogen-bond acceptors (Lipinski definition) is 2. The van der Waals surface area contributed by atoms with Crippen LogP contribution in [0.4, 0.5) is 17.1 Å². The minimum absolute atomic E-state index is 0.0902. The van der Waals surface area contributed by atoms with Crippen LogP contribution in [-0.2, 0) is 5.41 Å². The molecular weight excluding hydrogens is 691 g/mol. The van der Waals surface area contributed by atoms with Gasteiger partial charge in [0.25, 0.3) is 0 Å². The lowest BCUT2D eigenvalue weighted by Crippen LogP contribution is -2.16. The summed E-state index contributed by atoms with van der Waals surface area (Å²) < 4.78 is 6.25. The van der Waals surface area contributed by atoms with Crippen molar-refractivity contribution in [3.05, 3.63) is 211 Å². The van der Waals surface area contributed by atoms with Crippen LogP contribution in [-0.4, -0.2) is 0 Å². The van der Waals surface area contributed by atoms with Gasteiger partial charge in [-0.15, -0.1) is 0 Å². The number of furan rings is 1. The molecule has 1 aliphatic rings. The summed E-state index contributed by atoms with van der Waals surface area (Å²) in [6.07, 6.45) is 0. The molecule has 1 aliphatic carbocycles. The molecule has 57 heavy (non-hydrogen) atoms. The van der Waals surface area contributed by atoms with Gasteiger partial charge in [-0.2, -0.15) is 0 Å². The molecule has 1 heterocycles. The third-order valence-electron chi connectivity index (χ3n) is 12.0. The molecule has 10 aromatic rings. The van der Waals surface area contributed by atoms with E-state index in [0.717, 1.165) is 50.1 Å². The highest BCUT2D eigenvalue weighted by Gasteiger charge is 2.37. The van der Waals surface area contributed by atoms with Crippen molar-refractivity contribution >= 4 is 49.8 Å². The van der Waals surface area contributed by atoms with Crippen LogP contribution in [0.5, 0.6) is 0 Å². The maximum atomic E-state index is 6.25. The van der Waals surface area contributed by atoms with Crippen LogP contribution in [0.25, 0.3) is 77.2 Å². The molecule has 0 N–H and O–H groups in total. The van der Waals surface area contributed by atoms with Crippen LogP contribution < -0.4 is 4.90 Å². The predicted molar refractivity (Wildman–Crippen MR) is 240 cm³/mol. The van der Waals surface area contributed by atoms with Gasteiger partial charge in [0.1, 0.15) is 11.2 Å². The van der Waals surface area contributed by atoms with Gasteiger partial charge < -0.3 is 9.32 Å². The van der Waals surface area contributed by atoms with Crippen molar-refractivity contribution in [2.75, 3.05) is 4.90 Å². The van der Waals surface area contributed by atoms with Crippen LogP contribution in [0.1, 0.15) is 25.0 Å². The van der Waals surface area contributed by atoms with Crippen molar-refractivity contribution in [2.24, 2.45) is 0 Å². The summed E-state index contributed by atoms with van der Waals surface area (Å²) in [5.74, 6) is 0. The third kappa shape index (κ3) is 5.48. The molecule has 0 saturated carbocycles. The molecule has 9 aromatic carbocycles. The van der Waals surface area contributed by atoms with E-state index in [1.807, 2.05) is 12.1 Å². The van der Waals surface area contributed by atoms with Crippen molar-refractivity contribution < 1.29 is 4.42 Å². The fourth-order valence-corrected chi connectivity index (χ4v) is 9.23. The third-order valence-corrected chi connectivity index (χ3v) is 12.0. The predicted octanol–water partition coefficient (Wildman–Crippen LogP) is 15.5. The summed E-state index contributed by atoms with van der Waals surface area (Å²) >= 11 is 0. The van der Waals surface area contributed by atoms with Crippen LogP contribution in [0.15, 0.2) is 205 Å². The van der Waals surface area contributed by atoms with Crippen LogP contribution >= 0.6 is 0 Å². The lowest BCUT2D eigenvalue weighted by Gasteiger charge is -2.27. The van der Waals surface area contributed by atoms with Crippen LogP contribution in [0.2, 0.25) is 0 Å². The number of fused-ring (bicyclic) bond motifs is 7. The number of nitrogens with zero attached hydrogens (tertiary/aromatic N) is 1. The molecule has 11 rings (SSSR count). The standard InChI is InChI=1S/C55H39NO/c1-55(2)51-19-7-5-15-47(51)50-18-10-17-46(54(50)55)38-25-30-44(31-26-38)56(45-14-9-13-40(34-45)41-22-21-36-11-3-4-12-39(36)33-41)43-28-23-37(24-29-43)42-27-32-49-48-16-6-8-20-52(48)57-53(49)35-42/h3-35H,1-2H3. The minimum Gasteiger partial charge on any atom is -0.456 e. The lowest BCUT2D eigenvalue weighted by atomic mass is 9.79. The Morgan fingerprint density at radius 2 is 0.965 bits per heavy atom. The molecule has 2 nitrogen and oxygen atoms in total. The topological polar surface area (TPSA) is 16.4 Å². The van der Waals surface area contributed by atoms with Crippen molar-refractivity contribution in [1.82, 2.24) is 0 Å². The van der Waals surface area contributed by atoms with Gasteiger partial charge in [0.05, 0.1) is 0 Å². The van der Waals surface area contributed by atoms with E-state index in [1.54, 1.807) is 0 Å². The summed E-state index contributed by atoms with van der Waals surface area (Å²) in [5.41, 5.74) is 17.6. The van der Waals surface area contributed by atoms with E-state index in [4.69, 9.17) is 4.42 Å². The number of rotatable bonds is 6. The van der Waals surface area contributed by atoms with Gasteiger partial charge in [-0.3, -0.25) is 0 Å². The Balaban J connectivity index is 1.000. The van der Waals surface area contributed by atoms with E-state index in [0.29, 0.717) is 0 Å². The maximum Gasteiger partial charge on any atom is 0.136 e. The second kappa shape index (κ2) is 13.0. The molecule has 0 aliphatic heterocycles. The first kappa shape index (κ1) is 33.2. The van der Waals surface area contributed by atoms with Gasteiger partial charge in [0, 0.05) is 33.2 Å². The van der Waals surface area contributed by atoms with Crippen LogP contribution in [0.3, 0.4) is 0 Å². The Bertz CT molecular complexity index is 3150. The van der Waals surface area contributed by atoms with E-state index in [1.165, 1.54) is 55.3 Å². The second-order valence-corrected chi connectivity index (χ2v) is 15.7. The Hall–Kier alpha value is -7.16. The fourth-order valence-electron chi connectivity index (χ4n) is 9.23. The zero-order valence-electron chi connectivity index (χ0n) is 31.9. The largest absolute Gasteiger partial charge is 0.456 e. The molecule has 0 amide bonds. The Kier molecular flexibility index (Phi) is 7.55. The summed E-state index contributed by atoms with van der Waals surface area (Å²) in [6.45, 7) is 4.72. The van der Waals surface area contributed by atoms with Crippen molar-refractivity contribution in [2.45, 2.75) is 19.3 Å². The minimum atomic E-state index is -0.0902. The molecule has 0 fully saturated rings. The van der Waals surface area contributed by atoms with Gasteiger partial charge in [0.15, 0.2) is 0 Å². The highest BCUT2D eigenvalue weighted by atomic mass is 16.3. The highest BCUT2D eigenvalue weighted by Crippen LogP contribution is 2.52. The van der Waals surface area contributed by atoms with Gasteiger partial charge in [0.2, 0.25) is 0 Å². The molecule has 0 bridgehead atoms. The van der Waals surface area contributed by atoms with Gasteiger partial charge in [-0.25, -0.2) is 0 Å². The molecule has 2 heteroatoms. The molecule has 270 valence electrons. The van der Waals surface area contributed by atoms with E-state index in [9.17, 15) is 0 Å². The molecule has 1 aromatic heterocycles. The first-order chi connectivity index (χ1) is 28.0. The smallest absolute Gasteiger partial charge is 0.136 e. The van der Waals surface area contributed by atoms with E-state index in [-0.39, 0.29) is 5.41 Å². The number of anilines is 3. The van der Waals surface area contributed by atoms with E-state index >= 15 is 0 Å². The molecule has 0 spiro atoms. The number of para-hydroxylation sites is 1. The van der Waals surface area contributed by atoms with Gasteiger partial charge in [-0.1, -0.05) is 153 Å². The quantitative estimate of drug-likeness (QED) is 0.169. The average Bonchev–Trinajstić information content (AvgIpc) is 3.75. The second-order valence-electron chi connectivity index (χ2n) is 15.7. The summed E-state index contributed by atoms with van der Waals surface area (Å²) in [4.78, 5) is 2.37. The lowest BCUT2D eigenvalue weighted by molar-refractivity contribution is 0.662. The molecule has 0 unspecified atom stereocenters. The summed E-state index contributed by atoms with van der Waals surface area (Å²) in [5, 5.41) is 4.77. The monoisotopic (exact) mass is 729 g/mol. The average molecular weight is 730 g/mol. The number of hydrogen-bond donors (Lipinski definition) is 0. The highest BCUT2D eigenvalue weighted by molar-refractivity contribution is 6.06. The van der Waals surface area contributed by atoms with Crippen molar-refractivity contribution in [1.29, 1.82) is 0 Å². The van der Waals surface area contributed by atoms with Gasteiger partial charge >= 0.3 is 0 Å². The van der Waals surface area contributed by atoms with Crippen LogP contribution in [0, 0.1) is 0 Å². The molecule has 0 saturated heterocycles. The first-order valence-corrected chi connectivity index (χ1v) is 19.7. The number of benzene rings is 9. The molecule has 0 radical (unpaired) electrons. The molecule has 0 atom stereocenters. The molecular formula is C55H39NO. The Morgan fingerprint density at radius 1 is 0.368 bits per heavy atom. The van der Waals surface area contributed by atoms with Crippen molar-refractivity contribution in [3.8, 4) is 44.5 Å². The first-order valence-electron chi connectivity index (χ1n) is 19.7. The Labute approximate surface area is 332 Å². The SMILES string of the molecule is CC1(C)c2ccccc2-c2cccc(-c3ccc(N(c4ccc(-c5ccc6c(c5)oc5ccccc56)cc4)c4cccc(-c5ccc6ccccc6c5)c4)cc3)c21. The van der Waals surface area contributed by atoms with E-state index in [2.05, 4.69) is 207 Å². The fraction of sp³-hybridized carbons (Fsp3) is 0.0545. The van der Waals surface area contributed by atoms with Gasteiger partial charge in [-0.05, 0) is 127 Å². The maximum absolute atomic E-state index is 6.25. The summed E-state index contributed by atoms with van der Waals surface area (Å²) in [7, 11) is 0. The van der Waals surface area contributed by atoms with E-state index < -0.39 is 0 Å².